The predicted octanol–water partition coefficient (Wildman–Crippen LogP) is 5.52. The molecule has 1 saturated carbocycles. The maximum absolute atomic E-state index is 10.8. The lowest BCUT2D eigenvalue weighted by Gasteiger charge is -2.38. The van der Waals surface area contributed by atoms with Crippen molar-refractivity contribution >= 4 is 0 Å². The van der Waals surface area contributed by atoms with Crippen LogP contribution in [0.1, 0.15) is 81.6 Å². The summed E-state index contributed by atoms with van der Waals surface area (Å²) < 4.78 is 0. The van der Waals surface area contributed by atoms with Crippen LogP contribution in [0.4, 0.5) is 0 Å². The highest BCUT2D eigenvalue weighted by Gasteiger charge is 2.43. The van der Waals surface area contributed by atoms with Crippen LogP contribution in [0, 0.1) is 34.0 Å². The van der Waals surface area contributed by atoms with Gasteiger partial charge < -0.3 is 5.11 Å². The van der Waals surface area contributed by atoms with E-state index in [4.69, 9.17) is 0 Å². The Morgan fingerprint density at radius 2 is 1.00 bits per heavy atom. The summed E-state index contributed by atoms with van der Waals surface area (Å²) in [6.07, 6.45) is 3.25. The van der Waals surface area contributed by atoms with Gasteiger partial charge in [0.2, 0.25) is 0 Å². The highest BCUT2D eigenvalue weighted by Crippen LogP contribution is 2.49. The molecule has 0 saturated heterocycles. The molecule has 0 radical (unpaired) electrons. The monoisotopic (exact) mass is 282 g/mol. The van der Waals surface area contributed by atoms with Crippen molar-refractivity contribution in [3.63, 3.8) is 0 Å². The van der Waals surface area contributed by atoms with Crippen LogP contribution >= 0.6 is 0 Å². The van der Waals surface area contributed by atoms with Crippen molar-refractivity contribution < 1.29 is 5.11 Å². The zero-order valence-corrected chi connectivity index (χ0v) is 15.4. The summed E-state index contributed by atoms with van der Waals surface area (Å²) in [5, 5.41) is 10.8. The third-order valence-electron chi connectivity index (χ3n) is 5.66. The van der Waals surface area contributed by atoms with E-state index in [9.17, 15) is 5.11 Å². The lowest BCUT2D eigenvalue weighted by molar-refractivity contribution is 0.0153. The summed E-state index contributed by atoms with van der Waals surface area (Å²) in [4.78, 5) is 0. The Labute approximate surface area is 127 Å². The molecule has 0 amide bonds. The zero-order chi connectivity index (χ0) is 15.9. The van der Waals surface area contributed by atoms with Crippen LogP contribution < -0.4 is 0 Å². The molecule has 4 unspecified atom stereocenters. The molecular weight excluding hydrogens is 244 g/mol. The molecule has 1 fully saturated rings. The second-order valence-corrected chi connectivity index (χ2v) is 10.4. The van der Waals surface area contributed by atoms with Crippen molar-refractivity contribution in [1.29, 1.82) is 0 Å². The minimum absolute atomic E-state index is 0.147. The van der Waals surface area contributed by atoms with Gasteiger partial charge in [0, 0.05) is 0 Å². The van der Waals surface area contributed by atoms with E-state index < -0.39 is 0 Å². The number of aliphatic hydroxyl groups excluding tert-OH is 1. The lowest BCUT2D eigenvalue weighted by Crippen LogP contribution is -2.34. The minimum atomic E-state index is -0.147. The van der Waals surface area contributed by atoms with Gasteiger partial charge in [0.15, 0.2) is 0 Å². The van der Waals surface area contributed by atoms with Crippen molar-refractivity contribution in [2.45, 2.75) is 87.7 Å². The van der Waals surface area contributed by atoms with Gasteiger partial charge in [-0.3, -0.25) is 0 Å². The van der Waals surface area contributed by atoms with Crippen molar-refractivity contribution in [3.8, 4) is 0 Å². The summed E-state index contributed by atoms with van der Waals surface area (Å²) in [5.74, 6) is 1.74. The summed E-state index contributed by atoms with van der Waals surface area (Å²) in [6.45, 7) is 21.0. The van der Waals surface area contributed by atoms with E-state index in [1.54, 1.807) is 0 Å². The van der Waals surface area contributed by atoms with Crippen LogP contribution in [-0.4, -0.2) is 11.2 Å². The third kappa shape index (κ3) is 4.48. The Hall–Kier alpha value is -0.0400. The first-order valence-electron chi connectivity index (χ1n) is 8.41. The van der Waals surface area contributed by atoms with Crippen LogP contribution in [0.5, 0.6) is 0 Å². The fourth-order valence-corrected chi connectivity index (χ4v) is 3.80. The molecule has 0 aromatic carbocycles. The first-order chi connectivity index (χ1) is 8.73. The van der Waals surface area contributed by atoms with Crippen molar-refractivity contribution in [2.24, 2.45) is 34.0 Å². The first kappa shape index (κ1) is 18.0. The van der Waals surface area contributed by atoms with Crippen molar-refractivity contribution in [2.75, 3.05) is 0 Å². The standard InChI is InChI=1S/C19H38O/c1-17(2,3)13-10-14(18(4,5)6)12-16(20)15(11-13)19(7,8)9/h13-16,20H,10-12H2,1-9H3. The lowest BCUT2D eigenvalue weighted by atomic mass is 9.67. The van der Waals surface area contributed by atoms with E-state index in [0.717, 1.165) is 6.42 Å². The van der Waals surface area contributed by atoms with Gasteiger partial charge in [0.05, 0.1) is 6.10 Å². The van der Waals surface area contributed by atoms with E-state index in [0.29, 0.717) is 23.2 Å². The number of aliphatic hydroxyl groups is 1. The maximum Gasteiger partial charge on any atom is 0.0576 e. The molecule has 1 nitrogen and oxygen atoms in total. The van der Waals surface area contributed by atoms with Crippen LogP contribution in [0.25, 0.3) is 0 Å². The number of hydrogen-bond acceptors (Lipinski definition) is 1. The highest BCUT2D eigenvalue weighted by molar-refractivity contribution is 4.93. The van der Waals surface area contributed by atoms with Gasteiger partial charge in [-0.15, -0.1) is 0 Å². The topological polar surface area (TPSA) is 20.2 Å². The van der Waals surface area contributed by atoms with E-state index in [-0.39, 0.29) is 16.9 Å². The van der Waals surface area contributed by atoms with E-state index in [1.165, 1.54) is 12.8 Å². The maximum atomic E-state index is 10.8. The Morgan fingerprint density at radius 1 is 0.600 bits per heavy atom. The molecule has 1 aliphatic rings. The molecule has 20 heavy (non-hydrogen) atoms. The van der Waals surface area contributed by atoms with Crippen LogP contribution in [0.3, 0.4) is 0 Å². The van der Waals surface area contributed by atoms with Gasteiger partial charge in [-0.2, -0.15) is 0 Å². The Bertz CT molecular complexity index is 310. The molecular formula is C19H38O. The minimum Gasteiger partial charge on any atom is -0.393 e. The largest absolute Gasteiger partial charge is 0.393 e. The highest BCUT2D eigenvalue weighted by atomic mass is 16.3. The fraction of sp³-hybridized carbons (Fsp3) is 1.00. The molecule has 0 aromatic rings. The van der Waals surface area contributed by atoms with Gasteiger partial charge in [-0.25, -0.2) is 0 Å². The van der Waals surface area contributed by atoms with Gasteiger partial charge in [0.1, 0.15) is 0 Å². The van der Waals surface area contributed by atoms with E-state index in [1.807, 2.05) is 0 Å². The molecule has 0 bridgehead atoms. The number of hydrogen-bond donors (Lipinski definition) is 1. The van der Waals surface area contributed by atoms with Gasteiger partial charge in [-0.1, -0.05) is 62.3 Å². The second-order valence-electron chi connectivity index (χ2n) is 10.4. The molecule has 4 atom stereocenters. The Kier molecular flexibility index (Phi) is 5.07. The second kappa shape index (κ2) is 5.63. The Balaban J connectivity index is 3.09. The van der Waals surface area contributed by atoms with Gasteiger partial charge in [-0.05, 0) is 53.3 Å². The molecule has 1 aliphatic carbocycles. The normalized spacial score (nSPS) is 33.9. The van der Waals surface area contributed by atoms with Crippen molar-refractivity contribution in [1.82, 2.24) is 0 Å². The van der Waals surface area contributed by atoms with Crippen molar-refractivity contribution in [3.05, 3.63) is 0 Å². The van der Waals surface area contributed by atoms with Crippen LogP contribution in [0.15, 0.2) is 0 Å². The predicted molar refractivity (Wildman–Crippen MR) is 88.7 cm³/mol. The van der Waals surface area contributed by atoms with Crippen LogP contribution in [0.2, 0.25) is 0 Å². The molecule has 0 heterocycles. The SMILES string of the molecule is CC(C)(C)C1CC(O)C(C(C)(C)C)CC(C(C)(C)C)C1. The summed E-state index contributed by atoms with van der Waals surface area (Å²) >= 11 is 0. The summed E-state index contributed by atoms with van der Waals surface area (Å²) in [5.41, 5.74) is 0.810. The quantitative estimate of drug-likeness (QED) is 0.580. The molecule has 1 N–H and O–H groups in total. The first-order valence-corrected chi connectivity index (χ1v) is 8.41. The zero-order valence-electron chi connectivity index (χ0n) is 15.4. The van der Waals surface area contributed by atoms with E-state index in [2.05, 4.69) is 62.3 Å². The molecule has 1 rings (SSSR count). The van der Waals surface area contributed by atoms with Gasteiger partial charge in [0.25, 0.3) is 0 Å². The molecule has 0 aromatic heterocycles. The molecule has 0 spiro atoms. The van der Waals surface area contributed by atoms with E-state index >= 15 is 0 Å². The molecule has 120 valence electrons. The third-order valence-corrected chi connectivity index (χ3v) is 5.66. The summed E-state index contributed by atoms with van der Waals surface area (Å²) in [7, 11) is 0. The molecule has 0 aliphatic heterocycles. The van der Waals surface area contributed by atoms with Gasteiger partial charge >= 0.3 is 0 Å². The summed E-state index contributed by atoms with van der Waals surface area (Å²) in [6, 6.07) is 0. The van der Waals surface area contributed by atoms with Crippen LogP contribution in [-0.2, 0) is 0 Å². The Morgan fingerprint density at radius 3 is 1.35 bits per heavy atom. The molecule has 1 heteroatoms. The number of rotatable bonds is 0. The average Bonchev–Trinajstić information content (AvgIpc) is 2.34. The average molecular weight is 283 g/mol. The smallest absolute Gasteiger partial charge is 0.0576 e. The fourth-order valence-electron chi connectivity index (χ4n) is 3.80.